The van der Waals surface area contributed by atoms with Crippen molar-refractivity contribution in [2.24, 2.45) is 0 Å². The van der Waals surface area contributed by atoms with Gasteiger partial charge in [0.2, 0.25) is 5.91 Å². The number of urea groups is 1. The van der Waals surface area contributed by atoms with Crippen molar-refractivity contribution in [2.45, 2.75) is 31.3 Å². The second-order valence-corrected chi connectivity index (χ2v) is 6.14. The molecule has 0 radical (unpaired) electrons. The van der Waals surface area contributed by atoms with Crippen molar-refractivity contribution in [3.05, 3.63) is 12.7 Å². The van der Waals surface area contributed by atoms with Crippen LogP contribution >= 0.6 is 12.4 Å². The topological polar surface area (TPSA) is 90.0 Å². The summed E-state index contributed by atoms with van der Waals surface area (Å²) in [5.41, 5.74) is 0. The number of carbonyl (C=O) groups excluding carboxylic acids is 4. The number of hydrogen-bond acceptors (Lipinski definition) is 5. The molecule has 3 aliphatic rings. The number of amides is 5. The summed E-state index contributed by atoms with van der Waals surface area (Å²) < 4.78 is 0. The van der Waals surface area contributed by atoms with Crippen LogP contribution in [0.4, 0.5) is 4.79 Å². The first-order valence-corrected chi connectivity index (χ1v) is 7.83. The van der Waals surface area contributed by atoms with Crippen LogP contribution in [0.25, 0.3) is 0 Å². The molecule has 3 saturated heterocycles. The fourth-order valence-electron chi connectivity index (χ4n) is 3.38. The minimum atomic E-state index is -0.945. The third-order valence-corrected chi connectivity index (χ3v) is 4.62. The lowest BCUT2D eigenvalue weighted by atomic mass is 10.1. The first kappa shape index (κ1) is 18.4. The minimum Gasteiger partial charge on any atom is -0.340 e. The van der Waals surface area contributed by atoms with Gasteiger partial charge in [-0.15, -0.1) is 19.0 Å². The normalized spacial score (nSPS) is 26.5. The molecule has 3 heterocycles. The maximum atomic E-state index is 12.4. The minimum absolute atomic E-state index is 0. The molecular formula is C15H21ClN4O4. The molecule has 3 aliphatic heterocycles. The number of nitrogens with zero attached hydrogens (tertiary/aromatic N) is 3. The second-order valence-electron chi connectivity index (χ2n) is 6.14. The molecule has 0 spiro atoms. The molecule has 1 N–H and O–H groups in total. The number of fused-ring (bicyclic) bond motifs is 2. The Kier molecular flexibility index (Phi) is 5.61. The molecule has 2 atom stereocenters. The molecule has 0 saturated carbocycles. The molecule has 0 aliphatic carbocycles. The van der Waals surface area contributed by atoms with E-state index in [1.807, 2.05) is 0 Å². The van der Waals surface area contributed by atoms with Crippen LogP contribution in [0.15, 0.2) is 12.7 Å². The Morgan fingerprint density at radius 1 is 1.12 bits per heavy atom. The molecule has 132 valence electrons. The number of hydrogen-bond donors (Lipinski definition) is 1. The van der Waals surface area contributed by atoms with E-state index in [4.69, 9.17) is 0 Å². The molecule has 3 rings (SSSR count). The molecule has 9 heteroatoms. The zero-order valence-corrected chi connectivity index (χ0v) is 14.1. The number of rotatable bonds is 4. The first-order chi connectivity index (χ1) is 11.0. The van der Waals surface area contributed by atoms with Gasteiger partial charge < -0.3 is 10.2 Å². The van der Waals surface area contributed by atoms with Gasteiger partial charge in [-0.25, -0.2) is 9.69 Å². The Hall–Kier alpha value is -1.93. The largest absolute Gasteiger partial charge is 0.340 e. The average molecular weight is 357 g/mol. The molecule has 2 unspecified atom stereocenters. The van der Waals surface area contributed by atoms with E-state index in [0.717, 1.165) is 29.1 Å². The van der Waals surface area contributed by atoms with Gasteiger partial charge in [-0.2, -0.15) is 0 Å². The maximum Gasteiger partial charge on any atom is 0.335 e. The smallest absolute Gasteiger partial charge is 0.335 e. The van der Waals surface area contributed by atoms with Gasteiger partial charge in [0.15, 0.2) is 0 Å². The fourth-order valence-corrected chi connectivity index (χ4v) is 3.38. The summed E-state index contributed by atoms with van der Waals surface area (Å²) in [5.74, 6) is -2.15. The zero-order chi connectivity index (χ0) is 16.6. The summed E-state index contributed by atoms with van der Waals surface area (Å²) in [6.45, 7) is 4.22. The van der Waals surface area contributed by atoms with Crippen molar-refractivity contribution >= 4 is 36.2 Å². The first-order valence-electron chi connectivity index (χ1n) is 7.83. The van der Waals surface area contributed by atoms with E-state index >= 15 is 0 Å². The van der Waals surface area contributed by atoms with Gasteiger partial charge in [0.25, 0.3) is 0 Å². The fraction of sp³-hybridized carbons (Fsp3) is 0.600. The van der Waals surface area contributed by atoms with Gasteiger partial charge in [0.05, 0.1) is 0 Å². The lowest BCUT2D eigenvalue weighted by Gasteiger charge is -2.25. The van der Waals surface area contributed by atoms with Crippen LogP contribution in [0.2, 0.25) is 0 Å². The predicted molar refractivity (Wildman–Crippen MR) is 87.4 cm³/mol. The van der Waals surface area contributed by atoms with Gasteiger partial charge in [0.1, 0.15) is 6.54 Å². The van der Waals surface area contributed by atoms with E-state index in [-0.39, 0.29) is 37.4 Å². The van der Waals surface area contributed by atoms with E-state index in [0.29, 0.717) is 19.1 Å². The van der Waals surface area contributed by atoms with Gasteiger partial charge in [-0.3, -0.25) is 19.3 Å². The van der Waals surface area contributed by atoms with Crippen molar-refractivity contribution in [1.82, 2.24) is 20.0 Å². The van der Waals surface area contributed by atoms with Crippen LogP contribution in [0.3, 0.4) is 0 Å². The van der Waals surface area contributed by atoms with Crippen molar-refractivity contribution in [2.75, 3.05) is 26.2 Å². The standard InChI is InChI=1S/C15H20N4O4.ClH/c1-2-6-18-13(21)14(22)19(15(18)23)9-12(20)17-7-5-10-3-4-11(8-17)16-10;/h2,10-11,16H,1,3-9H2;1H. The monoisotopic (exact) mass is 356 g/mol. The molecule has 0 aromatic heterocycles. The summed E-state index contributed by atoms with van der Waals surface area (Å²) in [4.78, 5) is 51.4. The molecule has 24 heavy (non-hydrogen) atoms. The third kappa shape index (κ3) is 3.29. The van der Waals surface area contributed by atoms with Crippen molar-refractivity contribution in [1.29, 1.82) is 0 Å². The summed E-state index contributed by atoms with van der Waals surface area (Å²) in [7, 11) is 0. The van der Waals surface area contributed by atoms with Crippen LogP contribution in [0.1, 0.15) is 19.3 Å². The van der Waals surface area contributed by atoms with Gasteiger partial charge in [-0.1, -0.05) is 6.08 Å². The van der Waals surface area contributed by atoms with E-state index in [2.05, 4.69) is 11.9 Å². The number of likely N-dealkylation sites (tertiary alicyclic amines) is 1. The van der Waals surface area contributed by atoms with E-state index in [1.54, 1.807) is 4.90 Å². The van der Waals surface area contributed by atoms with Crippen LogP contribution < -0.4 is 5.32 Å². The molecule has 3 fully saturated rings. The van der Waals surface area contributed by atoms with Crippen LogP contribution in [0.5, 0.6) is 0 Å². The Morgan fingerprint density at radius 2 is 1.79 bits per heavy atom. The summed E-state index contributed by atoms with van der Waals surface area (Å²) >= 11 is 0. The van der Waals surface area contributed by atoms with Crippen molar-refractivity contribution in [3.8, 4) is 0 Å². The Morgan fingerprint density at radius 3 is 2.50 bits per heavy atom. The van der Waals surface area contributed by atoms with Crippen molar-refractivity contribution < 1.29 is 19.2 Å². The number of imide groups is 2. The molecular weight excluding hydrogens is 336 g/mol. The highest BCUT2D eigenvalue weighted by molar-refractivity contribution is 6.45. The molecule has 8 nitrogen and oxygen atoms in total. The summed E-state index contributed by atoms with van der Waals surface area (Å²) in [6.07, 6.45) is 4.39. The van der Waals surface area contributed by atoms with E-state index in [9.17, 15) is 19.2 Å². The predicted octanol–water partition coefficient (Wildman–Crippen LogP) is -0.262. The lowest BCUT2D eigenvalue weighted by molar-refractivity contribution is -0.144. The zero-order valence-electron chi connectivity index (χ0n) is 13.3. The molecule has 0 aromatic rings. The van der Waals surface area contributed by atoms with E-state index in [1.165, 1.54) is 6.08 Å². The van der Waals surface area contributed by atoms with Gasteiger partial charge >= 0.3 is 17.8 Å². The Labute approximate surface area is 146 Å². The van der Waals surface area contributed by atoms with Crippen molar-refractivity contribution in [3.63, 3.8) is 0 Å². The van der Waals surface area contributed by atoms with Gasteiger partial charge in [-0.05, 0) is 19.3 Å². The lowest BCUT2D eigenvalue weighted by Crippen LogP contribution is -2.46. The second kappa shape index (κ2) is 7.31. The van der Waals surface area contributed by atoms with Crippen LogP contribution in [-0.2, 0) is 14.4 Å². The summed E-state index contributed by atoms with van der Waals surface area (Å²) in [5, 5.41) is 3.46. The number of carbonyl (C=O) groups is 4. The third-order valence-electron chi connectivity index (χ3n) is 4.62. The SMILES string of the molecule is C=CCN1C(=O)C(=O)N(CC(=O)N2CCC3CCC(C2)N3)C1=O.Cl. The maximum absolute atomic E-state index is 12.4. The number of halogens is 1. The Balaban J connectivity index is 0.00000208. The highest BCUT2D eigenvalue weighted by Crippen LogP contribution is 2.21. The Bertz CT molecular complexity index is 582. The highest BCUT2D eigenvalue weighted by Gasteiger charge is 2.45. The number of nitrogens with one attached hydrogen (secondary N) is 1. The van der Waals surface area contributed by atoms with Gasteiger partial charge in [0, 0.05) is 31.7 Å². The summed E-state index contributed by atoms with van der Waals surface area (Å²) in [6, 6.07) is -0.0319. The van der Waals surface area contributed by atoms with E-state index < -0.39 is 17.8 Å². The average Bonchev–Trinajstić information content (AvgIpc) is 2.94. The molecule has 5 amide bonds. The molecule has 0 aromatic carbocycles. The van der Waals surface area contributed by atoms with Crippen LogP contribution in [-0.4, -0.2) is 76.7 Å². The van der Waals surface area contributed by atoms with Crippen LogP contribution in [0, 0.1) is 0 Å². The quantitative estimate of drug-likeness (QED) is 0.426. The molecule has 2 bridgehead atoms. The highest BCUT2D eigenvalue weighted by atomic mass is 35.5.